The second kappa shape index (κ2) is 4.71. The van der Waals surface area contributed by atoms with Crippen LogP contribution in [-0.2, 0) is 6.42 Å². The lowest BCUT2D eigenvalue weighted by molar-refractivity contribution is 0.147. The molecule has 0 aliphatic heterocycles. The van der Waals surface area contributed by atoms with Crippen molar-refractivity contribution in [3.8, 4) is 0 Å². The molecule has 14 heavy (non-hydrogen) atoms. The lowest BCUT2D eigenvalue weighted by atomic mass is 10.0. The summed E-state index contributed by atoms with van der Waals surface area (Å²) in [5.74, 6) is 0. The molecule has 1 atom stereocenters. The Morgan fingerprint density at radius 2 is 2.07 bits per heavy atom. The Labute approximate surface area is 86.3 Å². The quantitative estimate of drug-likeness (QED) is 0.830. The first-order valence-electron chi connectivity index (χ1n) is 4.26. The lowest BCUT2D eigenvalue weighted by Gasteiger charge is -2.11. The smallest absolute Gasteiger partial charge is 0.265 e. The zero-order valence-corrected chi connectivity index (χ0v) is 8.43. The molecule has 0 heterocycles. The highest BCUT2D eigenvalue weighted by molar-refractivity contribution is 6.31. The van der Waals surface area contributed by atoms with Crippen molar-refractivity contribution in [3.05, 3.63) is 34.3 Å². The van der Waals surface area contributed by atoms with Gasteiger partial charge < -0.3 is 5.11 Å². The summed E-state index contributed by atoms with van der Waals surface area (Å²) >= 11 is 5.65. The average molecular weight is 221 g/mol. The molecule has 78 valence electrons. The topological polar surface area (TPSA) is 20.2 Å². The summed E-state index contributed by atoms with van der Waals surface area (Å²) in [6, 6.07) is 4.58. The minimum Gasteiger partial charge on any atom is -0.393 e. The monoisotopic (exact) mass is 220 g/mol. The number of hydrogen-bond donors (Lipinski definition) is 1. The Balaban J connectivity index is 3.08. The molecule has 0 amide bonds. The minimum absolute atomic E-state index is 0.0538. The predicted octanol–water partition coefficient (Wildman–Crippen LogP) is 3.20. The summed E-state index contributed by atoms with van der Waals surface area (Å²) in [5.41, 5.74) is 0.234. The number of benzene rings is 1. The molecule has 0 saturated carbocycles. The standard InChI is InChI=1S/C10H11ClF2O/c1-6(14)5-7-3-2-4-8(11)9(7)10(12)13/h2-4,6,10,14H,5H2,1H3. The maximum Gasteiger partial charge on any atom is 0.265 e. The third-order valence-electron chi connectivity index (χ3n) is 1.88. The van der Waals surface area contributed by atoms with Crippen molar-refractivity contribution in [1.29, 1.82) is 0 Å². The zero-order valence-electron chi connectivity index (χ0n) is 7.67. The minimum atomic E-state index is -2.60. The molecule has 1 unspecified atom stereocenters. The molecule has 4 heteroatoms. The number of aliphatic hydroxyl groups excluding tert-OH is 1. The van der Waals surface area contributed by atoms with Crippen molar-refractivity contribution >= 4 is 11.6 Å². The number of hydrogen-bond acceptors (Lipinski definition) is 1. The normalized spacial score (nSPS) is 13.3. The molecular weight excluding hydrogens is 210 g/mol. The van der Waals surface area contributed by atoms with Crippen LogP contribution in [0.4, 0.5) is 8.78 Å². The van der Waals surface area contributed by atoms with Gasteiger partial charge in [0.25, 0.3) is 6.43 Å². The van der Waals surface area contributed by atoms with Gasteiger partial charge in [0, 0.05) is 10.6 Å². The molecule has 1 N–H and O–H groups in total. The number of aliphatic hydroxyl groups is 1. The molecule has 1 aromatic rings. The summed E-state index contributed by atoms with van der Waals surface area (Å²) in [7, 11) is 0. The van der Waals surface area contributed by atoms with Gasteiger partial charge in [0.15, 0.2) is 0 Å². The van der Waals surface area contributed by atoms with Crippen LogP contribution < -0.4 is 0 Å². The van der Waals surface area contributed by atoms with Crippen LogP contribution in [0.25, 0.3) is 0 Å². The van der Waals surface area contributed by atoms with Gasteiger partial charge in [0.1, 0.15) is 0 Å². The lowest BCUT2D eigenvalue weighted by Crippen LogP contribution is -2.07. The van der Waals surface area contributed by atoms with Crippen LogP contribution >= 0.6 is 11.6 Å². The fourth-order valence-electron chi connectivity index (χ4n) is 1.32. The highest BCUT2D eigenvalue weighted by Gasteiger charge is 2.17. The van der Waals surface area contributed by atoms with Crippen molar-refractivity contribution in [2.24, 2.45) is 0 Å². The fourth-order valence-corrected chi connectivity index (χ4v) is 1.60. The zero-order chi connectivity index (χ0) is 10.7. The maximum absolute atomic E-state index is 12.6. The summed E-state index contributed by atoms with van der Waals surface area (Å²) in [4.78, 5) is 0. The van der Waals surface area contributed by atoms with Crippen LogP contribution in [0.2, 0.25) is 5.02 Å². The van der Waals surface area contributed by atoms with Gasteiger partial charge in [0.05, 0.1) is 6.10 Å². The van der Waals surface area contributed by atoms with E-state index in [1.807, 2.05) is 0 Å². The highest BCUT2D eigenvalue weighted by Crippen LogP contribution is 2.30. The predicted molar refractivity (Wildman–Crippen MR) is 51.8 cm³/mol. The van der Waals surface area contributed by atoms with Crippen LogP contribution in [0.15, 0.2) is 18.2 Å². The molecular formula is C10H11ClF2O. The summed E-state index contributed by atoms with van der Waals surface area (Å²) in [6.45, 7) is 1.55. The molecule has 0 aliphatic rings. The van der Waals surface area contributed by atoms with E-state index in [0.29, 0.717) is 5.56 Å². The van der Waals surface area contributed by atoms with E-state index in [9.17, 15) is 8.78 Å². The largest absolute Gasteiger partial charge is 0.393 e. The number of halogens is 3. The second-order valence-electron chi connectivity index (χ2n) is 3.17. The van der Waals surface area contributed by atoms with Gasteiger partial charge in [-0.1, -0.05) is 23.7 Å². The molecule has 0 aromatic heterocycles. The summed E-state index contributed by atoms with van der Waals surface area (Å²) in [5, 5.41) is 9.17. The van der Waals surface area contributed by atoms with E-state index in [0.717, 1.165) is 0 Å². The van der Waals surface area contributed by atoms with Crippen molar-refractivity contribution in [1.82, 2.24) is 0 Å². The van der Waals surface area contributed by atoms with Crippen LogP contribution in [-0.4, -0.2) is 11.2 Å². The summed E-state index contributed by atoms with van der Waals surface area (Å²) < 4.78 is 25.1. The second-order valence-corrected chi connectivity index (χ2v) is 3.57. The van der Waals surface area contributed by atoms with Crippen molar-refractivity contribution in [3.63, 3.8) is 0 Å². The van der Waals surface area contributed by atoms with Crippen LogP contribution in [0.3, 0.4) is 0 Å². The third-order valence-corrected chi connectivity index (χ3v) is 2.21. The van der Waals surface area contributed by atoms with E-state index >= 15 is 0 Å². The van der Waals surface area contributed by atoms with Crippen LogP contribution in [0, 0.1) is 0 Å². The van der Waals surface area contributed by atoms with E-state index < -0.39 is 12.5 Å². The first-order valence-corrected chi connectivity index (χ1v) is 4.63. The van der Waals surface area contributed by atoms with Crippen LogP contribution in [0.1, 0.15) is 24.5 Å². The molecule has 0 bridgehead atoms. The first kappa shape index (κ1) is 11.4. The molecule has 0 spiro atoms. The Morgan fingerprint density at radius 1 is 1.43 bits per heavy atom. The molecule has 1 nitrogen and oxygen atoms in total. The van der Waals surface area contributed by atoms with Gasteiger partial charge in [-0.25, -0.2) is 8.78 Å². The van der Waals surface area contributed by atoms with Crippen molar-refractivity contribution in [2.45, 2.75) is 25.9 Å². The van der Waals surface area contributed by atoms with E-state index in [1.54, 1.807) is 19.1 Å². The Kier molecular flexibility index (Phi) is 3.84. The van der Waals surface area contributed by atoms with Gasteiger partial charge in [0.2, 0.25) is 0 Å². The SMILES string of the molecule is CC(O)Cc1cccc(Cl)c1C(F)F. The Bertz CT molecular complexity index is 313. The molecule has 0 fully saturated rings. The van der Waals surface area contributed by atoms with E-state index in [4.69, 9.17) is 16.7 Å². The van der Waals surface area contributed by atoms with Gasteiger partial charge in [-0.15, -0.1) is 0 Å². The molecule has 1 rings (SSSR count). The van der Waals surface area contributed by atoms with Crippen molar-refractivity contribution < 1.29 is 13.9 Å². The van der Waals surface area contributed by atoms with Gasteiger partial charge in [-0.3, -0.25) is 0 Å². The number of rotatable bonds is 3. The van der Waals surface area contributed by atoms with Gasteiger partial charge >= 0.3 is 0 Å². The Morgan fingerprint density at radius 3 is 2.57 bits per heavy atom. The Hall–Kier alpha value is -0.670. The third kappa shape index (κ3) is 2.66. The average Bonchev–Trinajstić information content (AvgIpc) is 2.01. The number of alkyl halides is 2. The molecule has 0 radical (unpaired) electrons. The van der Waals surface area contributed by atoms with E-state index in [2.05, 4.69) is 0 Å². The van der Waals surface area contributed by atoms with E-state index in [-0.39, 0.29) is 17.0 Å². The van der Waals surface area contributed by atoms with E-state index in [1.165, 1.54) is 6.07 Å². The molecule has 0 aliphatic carbocycles. The fraction of sp³-hybridized carbons (Fsp3) is 0.400. The van der Waals surface area contributed by atoms with Crippen molar-refractivity contribution in [2.75, 3.05) is 0 Å². The van der Waals surface area contributed by atoms with Gasteiger partial charge in [-0.05, 0) is 25.0 Å². The highest BCUT2D eigenvalue weighted by atomic mass is 35.5. The first-order chi connectivity index (χ1) is 6.52. The van der Waals surface area contributed by atoms with Gasteiger partial charge in [-0.2, -0.15) is 0 Å². The maximum atomic E-state index is 12.6. The van der Waals surface area contributed by atoms with Crippen LogP contribution in [0.5, 0.6) is 0 Å². The molecule has 0 saturated heterocycles. The molecule has 1 aromatic carbocycles. The summed E-state index contributed by atoms with van der Waals surface area (Å²) in [6.07, 6.45) is -3.05.